The molecule has 2 aliphatic carbocycles. The summed E-state index contributed by atoms with van der Waals surface area (Å²) in [5, 5.41) is 8.67. The summed E-state index contributed by atoms with van der Waals surface area (Å²) in [7, 11) is 1.69. The number of pyridine rings is 1. The van der Waals surface area contributed by atoms with E-state index in [-0.39, 0.29) is 5.91 Å². The number of carbonyl (C=O) groups is 1. The summed E-state index contributed by atoms with van der Waals surface area (Å²) in [6.45, 7) is 6.30. The number of aromatic amines is 1. The third-order valence-corrected chi connectivity index (χ3v) is 6.73. The van der Waals surface area contributed by atoms with Crippen LogP contribution in [0.2, 0.25) is 0 Å². The van der Waals surface area contributed by atoms with Gasteiger partial charge in [-0.3, -0.25) is 4.79 Å². The molecule has 34 heavy (non-hydrogen) atoms. The van der Waals surface area contributed by atoms with E-state index < -0.39 is 0 Å². The van der Waals surface area contributed by atoms with E-state index in [9.17, 15) is 4.79 Å². The Hall–Kier alpha value is -3.80. The van der Waals surface area contributed by atoms with Crippen LogP contribution >= 0.6 is 0 Å². The summed E-state index contributed by atoms with van der Waals surface area (Å²) in [5.41, 5.74) is 7.29. The maximum absolute atomic E-state index is 12.8. The number of hydrogen-bond donors (Lipinski definition) is 3. The number of aryl methyl sites for hydroxylation is 1. The molecule has 0 bridgehead atoms. The second-order valence-electron chi connectivity index (χ2n) is 9.54. The van der Waals surface area contributed by atoms with Gasteiger partial charge in [-0.05, 0) is 79.5 Å². The molecule has 6 rings (SSSR count). The van der Waals surface area contributed by atoms with Gasteiger partial charge in [-0.1, -0.05) is 18.7 Å². The molecule has 2 aliphatic rings. The van der Waals surface area contributed by atoms with Crippen LogP contribution in [-0.2, 0) is 0 Å². The molecule has 0 radical (unpaired) electrons. The summed E-state index contributed by atoms with van der Waals surface area (Å²) in [4.78, 5) is 20.9. The largest absolute Gasteiger partial charge is 0.492 e. The molecule has 4 aromatic rings. The molecule has 6 nitrogen and oxygen atoms in total. The van der Waals surface area contributed by atoms with Crippen molar-refractivity contribution >= 4 is 33.5 Å². The Balaban J connectivity index is 1.57. The normalized spacial score (nSPS) is 15.5. The number of amides is 1. The molecule has 2 fully saturated rings. The van der Waals surface area contributed by atoms with Gasteiger partial charge in [0.2, 0.25) is 0 Å². The Morgan fingerprint density at radius 2 is 2.00 bits per heavy atom. The zero-order chi connectivity index (χ0) is 23.4. The molecule has 172 valence electrons. The second-order valence-corrected chi connectivity index (χ2v) is 9.54. The molecule has 0 atom stereocenters. The zero-order valence-electron chi connectivity index (χ0n) is 19.5. The Kier molecular flexibility index (Phi) is 4.83. The highest BCUT2D eigenvalue weighted by molar-refractivity contribution is 6.17. The van der Waals surface area contributed by atoms with Crippen LogP contribution in [0, 0.1) is 12.8 Å². The summed E-state index contributed by atoms with van der Waals surface area (Å²) in [6.07, 6.45) is 6.31. The first-order chi connectivity index (χ1) is 16.5. The fraction of sp³-hybridized carbons (Fsp3) is 0.286. The monoisotopic (exact) mass is 452 g/mol. The quantitative estimate of drug-likeness (QED) is 0.325. The maximum atomic E-state index is 12.8. The maximum Gasteiger partial charge on any atom is 0.251 e. The Morgan fingerprint density at radius 1 is 1.18 bits per heavy atom. The number of rotatable bonds is 7. The molecular formula is C28H28N4O2. The van der Waals surface area contributed by atoms with Crippen LogP contribution in [0.15, 0.2) is 54.9 Å². The van der Waals surface area contributed by atoms with Crippen LogP contribution in [0.4, 0.5) is 5.69 Å². The molecule has 6 heteroatoms. The Labute approximate surface area is 198 Å². The van der Waals surface area contributed by atoms with Crippen molar-refractivity contribution < 1.29 is 9.53 Å². The first-order valence-electron chi connectivity index (χ1n) is 11.9. The highest BCUT2D eigenvalue weighted by Crippen LogP contribution is 2.45. The summed E-state index contributed by atoms with van der Waals surface area (Å²) < 4.78 is 5.90. The summed E-state index contributed by atoms with van der Waals surface area (Å²) in [6, 6.07) is 12.4. The molecule has 0 saturated heterocycles. The van der Waals surface area contributed by atoms with Crippen LogP contribution in [0.1, 0.15) is 41.6 Å². The highest BCUT2D eigenvalue weighted by atomic mass is 16.5. The molecule has 1 amide bonds. The number of hydrogen-bond acceptors (Lipinski definition) is 4. The molecule has 2 aromatic heterocycles. The number of aromatic nitrogens is 2. The predicted octanol–water partition coefficient (Wildman–Crippen LogP) is 5.93. The van der Waals surface area contributed by atoms with E-state index in [1.54, 1.807) is 7.11 Å². The van der Waals surface area contributed by atoms with Crippen molar-refractivity contribution in [1.82, 2.24) is 15.3 Å². The van der Waals surface area contributed by atoms with Gasteiger partial charge in [-0.15, -0.1) is 0 Å². The fourth-order valence-corrected chi connectivity index (χ4v) is 4.61. The van der Waals surface area contributed by atoms with Crippen LogP contribution in [-0.4, -0.2) is 29.0 Å². The highest BCUT2D eigenvalue weighted by Gasteiger charge is 2.27. The average molecular weight is 453 g/mol. The zero-order valence-corrected chi connectivity index (χ0v) is 19.5. The minimum absolute atomic E-state index is 0.0222. The molecule has 2 saturated carbocycles. The Morgan fingerprint density at radius 3 is 2.74 bits per heavy atom. The fourth-order valence-electron chi connectivity index (χ4n) is 4.61. The van der Waals surface area contributed by atoms with Gasteiger partial charge in [0.05, 0.1) is 18.3 Å². The smallest absolute Gasteiger partial charge is 0.251 e. The van der Waals surface area contributed by atoms with E-state index in [0.29, 0.717) is 17.5 Å². The number of H-pyrrole nitrogens is 1. The molecule has 3 N–H and O–H groups in total. The number of carbonyl (C=O) groups excluding carboxylic acids is 1. The molecule has 0 spiro atoms. The van der Waals surface area contributed by atoms with E-state index in [0.717, 1.165) is 81.4 Å². The van der Waals surface area contributed by atoms with Crippen LogP contribution in [0.25, 0.3) is 33.1 Å². The van der Waals surface area contributed by atoms with Gasteiger partial charge in [0, 0.05) is 34.3 Å². The van der Waals surface area contributed by atoms with Gasteiger partial charge in [-0.2, -0.15) is 0 Å². The number of methoxy groups -OCH3 is 1. The predicted molar refractivity (Wildman–Crippen MR) is 136 cm³/mol. The van der Waals surface area contributed by atoms with Gasteiger partial charge >= 0.3 is 0 Å². The standard InChI is InChI=1S/C28H28N4O2/c1-15-11-22-24-21(18-5-4-6-19(12-18)28(33)31-20-9-10-20)13-23(30-16(2)17-7-8-17)26(34-3)25(24)32-27(22)29-14-15/h4-6,11-14,17,20,30H,2,7-10H2,1,3H3,(H,29,32)(H,31,33). The molecular weight excluding hydrogens is 424 g/mol. The van der Waals surface area contributed by atoms with Gasteiger partial charge in [0.1, 0.15) is 5.65 Å². The first-order valence-corrected chi connectivity index (χ1v) is 11.9. The van der Waals surface area contributed by atoms with Crippen LogP contribution < -0.4 is 15.4 Å². The number of nitrogens with one attached hydrogen (secondary N) is 3. The van der Waals surface area contributed by atoms with Crippen LogP contribution in [0.5, 0.6) is 5.75 Å². The number of nitrogens with zero attached hydrogens (tertiary/aromatic N) is 1. The number of allylic oxidation sites excluding steroid dienone is 1. The van der Waals surface area contributed by atoms with E-state index in [4.69, 9.17) is 4.74 Å². The van der Waals surface area contributed by atoms with Gasteiger partial charge in [-0.25, -0.2) is 4.98 Å². The number of anilines is 1. The number of benzene rings is 2. The van der Waals surface area contributed by atoms with Crippen molar-refractivity contribution in [3.63, 3.8) is 0 Å². The van der Waals surface area contributed by atoms with Gasteiger partial charge in [0.15, 0.2) is 5.75 Å². The minimum Gasteiger partial charge on any atom is -0.492 e. The molecule has 2 heterocycles. The molecule has 0 aliphatic heterocycles. The molecule has 2 aromatic carbocycles. The SMILES string of the molecule is C=C(Nc1cc(-c2cccc(C(=O)NC3CC3)c2)c2c([nH]c3ncc(C)cc32)c1OC)C1CC1. The van der Waals surface area contributed by atoms with Crippen molar-refractivity contribution in [1.29, 1.82) is 0 Å². The third-order valence-electron chi connectivity index (χ3n) is 6.73. The summed E-state index contributed by atoms with van der Waals surface area (Å²) in [5.74, 6) is 1.22. The Bertz CT molecular complexity index is 1460. The van der Waals surface area contributed by atoms with E-state index in [1.807, 2.05) is 31.3 Å². The molecule has 0 unspecified atom stereocenters. The van der Waals surface area contributed by atoms with E-state index in [1.165, 1.54) is 0 Å². The lowest BCUT2D eigenvalue weighted by atomic mass is 9.96. The van der Waals surface area contributed by atoms with Crippen molar-refractivity contribution in [3.05, 3.63) is 66.0 Å². The average Bonchev–Trinajstić information content (AvgIpc) is 3.76. The van der Waals surface area contributed by atoms with E-state index in [2.05, 4.69) is 45.4 Å². The summed E-state index contributed by atoms with van der Waals surface area (Å²) >= 11 is 0. The van der Waals surface area contributed by atoms with Crippen molar-refractivity contribution in [2.24, 2.45) is 5.92 Å². The first kappa shape index (κ1) is 20.8. The van der Waals surface area contributed by atoms with Crippen LogP contribution in [0.3, 0.4) is 0 Å². The number of fused-ring (bicyclic) bond motifs is 3. The van der Waals surface area contributed by atoms with Crippen molar-refractivity contribution in [2.45, 2.75) is 38.6 Å². The van der Waals surface area contributed by atoms with E-state index >= 15 is 0 Å². The van der Waals surface area contributed by atoms with Crippen molar-refractivity contribution in [2.75, 3.05) is 12.4 Å². The van der Waals surface area contributed by atoms with Crippen molar-refractivity contribution in [3.8, 4) is 16.9 Å². The lowest BCUT2D eigenvalue weighted by Crippen LogP contribution is -2.25. The number of ether oxygens (including phenoxy) is 1. The third kappa shape index (κ3) is 3.69. The minimum atomic E-state index is -0.0222. The topological polar surface area (TPSA) is 79.0 Å². The lowest BCUT2D eigenvalue weighted by Gasteiger charge is -2.17. The van der Waals surface area contributed by atoms with Gasteiger partial charge < -0.3 is 20.4 Å². The van der Waals surface area contributed by atoms with Gasteiger partial charge in [0.25, 0.3) is 5.91 Å². The second kappa shape index (κ2) is 7.90. The lowest BCUT2D eigenvalue weighted by molar-refractivity contribution is 0.0951.